The smallest absolute Gasteiger partial charge is 0.397 e. The summed E-state index contributed by atoms with van der Waals surface area (Å²) in [6.45, 7) is 3.69. The highest BCUT2D eigenvalue weighted by atomic mass is 35.5. The van der Waals surface area contributed by atoms with Gasteiger partial charge in [-0.1, -0.05) is 11.6 Å². The van der Waals surface area contributed by atoms with Crippen molar-refractivity contribution in [3.05, 3.63) is 29.3 Å². The van der Waals surface area contributed by atoms with E-state index in [1.807, 2.05) is 0 Å². The van der Waals surface area contributed by atoms with E-state index in [0.717, 1.165) is 4.90 Å². The molecule has 0 atom stereocenters. The first-order chi connectivity index (χ1) is 12.0. The maximum atomic E-state index is 12.7. The lowest BCUT2D eigenvalue weighted by Crippen LogP contribution is -2.56. The lowest BCUT2D eigenvalue weighted by Gasteiger charge is -2.38. The maximum Gasteiger partial charge on any atom is 0.397 e. The van der Waals surface area contributed by atoms with E-state index in [0.29, 0.717) is 10.8 Å². The summed E-state index contributed by atoms with van der Waals surface area (Å²) in [6.07, 6.45) is -6.01. The minimum Gasteiger partial charge on any atom is -0.478 e. The Morgan fingerprint density at radius 2 is 1.54 bits per heavy atom. The van der Waals surface area contributed by atoms with E-state index in [-0.39, 0.29) is 32.1 Å². The molecule has 2 rings (SSSR count). The van der Waals surface area contributed by atoms with E-state index in [1.54, 1.807) is 38.1 Å². The minimum atomic E-state index is -4.53. The van der Waals surface area contributed by atoms with Gasteiger partial charge in [0.15, 0.2) is 5.60 Å². The number of ether oxygens (including phenoxy) is 1. The molecule has 1 fully saturated rings. The van der Waals surface area contributed by atoms with Gasteiger partial charge < -0.3 is 14.5 Å². The number of alkyl halides is 3. The van der Waals surface area contributed by atoms with Crippen molar-refractivity contribution in [1.29, 1.82) is 0 Å². The zero-order valence-corrected chi connectivity index (χ0v) is 15.2. The molecular weight excluding hydrogens is 373 g/mol. The lowest BCUT2D eigenvalue weighted by atomic mass is 10.1. The van der Waals surface area contributed by atoms with Crippen LogP contribution in [0.3, 0.4) is 0 Å². The number of rotatable bonds is 4. The van der Waals surface area contributed by atoms with Crippen molar-refractivity contribution in [2.75, 3.05) is 26.2 Å². The number of benzene rings is 1. The Kier molecular flexibility index (Phi) is 6.05. The summed E-state index contributed by atoms with van der Waals surface area (Å²) in [6, 6.07) is 6.57. The summed E-state index contributed by atoms with van der Waals surface area (Å²) in [5, 5.41) is 0.543. The van der Waals surface area contributed by atoms with Gasteiger partial charge in [0.1, 0.15) is 12.2 Å². The van der Waals surface area contributed by atoms with Gasteiger partial charge in [0, 0.05) is 31.2 Å². The van der Waals surface area contributed by atoms with Gasteiger partial charge in [-0.15, -0.1) is 0 Å². The molecule has 1 aliphatic rings. The minimum absolute atomic E-state index is 0.0671. The molecular formula is C17H20ClF3N2O3. The molecule has 1 saturated heterocycles. The van der Waals surface area contributed by atoms with Gasteiger partial charge in [0.2, 0.25) is 5.91 Å². The van der Waals surface area contributed by atoms with Crippen molar-refractivity contribution in [3.8, 4) is 5.75 Å². The fraction of sp³-hybridized carbons (Fsp3) is 0.529. The molecule has 0 aliphatic carbocycles. The molecule has 9 heteroatoms. The molecule has 1 heterocycles. The summed E-state index contributed by atoms with van der Waals surface area (Å²) in [5.41, 5.74) is -1.16. The molecule has 1 aromatic rings. The van der Waals surface area contributed by atoms with Crippen molar-refractivity contribution >= 4 is 23.4 Å². The highest BCUT2D eigenvalue weighted by Crippen LogP contribution is 2.24. The lowest BCUT2D eigenvalue weighted by molar-refractivity contribution is -0.164. The van der Waals surface area contributed by atoms with Crippen LogP contribution in [0.1, 0.15) is 20.3 Å². The van der Waals surface area contributed by atoms with Gasteiger partial charge in [-0.3, -0.25) is 9.59 Å². The molecule has 2 amide bonds. The number of hydrogen-bond donors (Lipinski definition) is 0. The molecule has 0 saturated carbocycles. The average Bonchev–Trinajstić information content (AvgIpc) is 2.54. The predicted molar refractivity (Wildman–Crippen MR) is 90.0 cm³/mol. The largest absolute Gasteiger partial charge is 0.478 e. The van der Waals surface area contributed by atoms with Gasteiger partial charge in [0.25, 0.3) is 5.91 Å². The van der Waals surface area contributed by atoms with Gasteiger partial charge in [-0.2, -0.15) is 13.2 Å². The van der Waals surface area contributed by atoms with E-state index in [2.05, 4.69) is 0 Å². The van der Waals surface area contributed by atoms with Crippen LogP contribution in [0, 0.1) is 0 Å². The van der Waals surface area contributed by atoms with Gasteiger partial charge in [-0.25, -0.2) is 0 Å². The third-order valence-corrected chi connectivity index (χ3v) is 4.22. The van der Waals surface area contributed by atoms with Gasteiger partial charge in [-0.05, 0) is 38.1 Å². The van der Waals surface area contributed by atoms with Crippen LogP contribution < -0.4 is 4.74 Å². The summed E-state index contributed by atoms with van der Waals surface area (Å²) in [5.74, 6) is -0.789. The second-order valence-electron chi connectivity index (χ2n) is 6.53. The topological polar surface area (TPSA) is 49.9 Å². The first-order valence-electron chi connectivity index (χ1n) is 8.06. The summed E-state index contributed by atoms with van der Waals surface area (Å²) in [7, 11) is 0. The molecule has 0 radical (unpaired) electrons. The number of carbonyl (C=O) groups excluding carboxylic acids is 2. The van der Waals surface area contributed by atoms with Crippen molar-refractivity contribution < 1.29 is 27.5 Å². The molecule has 0 bridgehead atoms. The quantitative estimate of drug-likeness (QED) is 0.791. The molecule has 26 heavy (non-hydrogen) atoms. The maximum absolute atomic E-state index is 12.7. The Morgan fingerprint density at radius 3 is 2.04 bits per heavy atom. The van der Waals surface area contributed by atoms with E-state index in [4.69, 9.17) is 16.3 Å². The van der Waals surface area contributed by atoms with E-state index in [1.165, 1.54) is 4.90 Å². The Morgan fingerprint density at radius 1 is 1.04 bits per heavy atom. The van der Waals surface area contributed by atoms with Crippen LogP contribution in [0.4, 0.5) is 13.2 Å². The summed E-state index contributed by atoms with van der Waals surface area (Å²) >= 11 is 5.81. The first-order valence-corrected chi connectivity index (χ1v) is 8.44. The number of nitrogens with zero attached hydrogens (tertiary/aromatic N) is 2. The highest BCUT2D eigenvalue weighted by molar-refractivity contribution is 6.30. The van der Waals surface area contributed by atoms with Crippen LogP contribution in [0.5, 0.6) is 5.75 Å². The first kappa shape index (κ1) is 20.4. The number of halogens is 4. The zero-order chi connectivity index (χ0) is 19.5. The molecule has 0 unspecified atom stereocenters. The Hall–Kier alpha value is -1.96. The molecule has 0 spiro atoms. The Labute approximate surface area is 154 Å². The number of carbonyl (C=O) groups is 2. The van der Waals surface area contributed by atoms with Gasteiger partial charge >= 0.3 is 6.18 Å². The molecule has 5 nitrogen and oxygen atoms in total. The van der Waals surface area contributed by atoms with Crippen LogP contribution >= 0.6 is 11.6 Å². The highest BCUT2D eigenvalue weighted by Gasteiger charge is 2.38. The van der Waals surface area contributed by atoms with Crippen LogP contribution in [-0.4, -0.2) is 59.6 Å². The number of hydrogen-bond acceptors (Lipinski definition) is 3. The molecule has 1 aliphatic heterocycles. The van der Waals surface area contributed by atoms with Crippen molar-refractivity contribution in [2.45, 2.75) is 32.0 Å². The van der Waals surface area contributed by atoms with E-state index in [9.17, 15) is 22.8 Å². The van der Waals surface area contributed by atoms with Crippen LogP contribution in [-0.2, 0) is 9.59 Å². The summed E-state index contributed by atoms with van der Waals surface area (Å²) in [4.78, 5) is 26.9. The SMILES string of the molecule is CC(C)(Oc1ccc(Cl)cc1)C(=O)N1CCN(C(=O)CC(F)(F)F)CC1. The normalized spacial score (nSPS) is 15.8. The second kappa shape index (κ2) is 7.73. The van der Waals surface area contributed by atoms with Crippen LogP contribution in [0.2, 0.25) is 5.02 Å². The molecule has 144 valence electrons. The monoisotopic (exact) mass is 392 g/mol. The number of amides is 2. The predicted octanol–water partition coefficient (Wildman–Crippen LogP) is 3.12. The van der Waals surface area contributed by atoms with Crippen LogP contribution in [0.15, 0.2) is 24.3 Å². The fourth-order valence-corrected chi connectivity index (χ4v) is 2.79. The van der Waals surface area contributed by atoms with E-state index >= 15 is 0 Å². The van der Waals surface area contributed by atoms with Crippen molar-refractivity contribution in [3.63, 3.8) is 0 Å². The molecule has 1 aromatic carbocycles. The van der Waals surface area contributed by atoms with Crippen LogP contribution in [0.25, 0.3) is 0 Å². The fourth-order valence-electron chi connectivity index (χ4n) is 2.66. The molecule has 0 aromatic heterocycles. The zero-order valence-electron chi connectivity index (χ0n) is 14.5. The number of piperazine rings is 1. The van der Waals surface area contributed by atoms with Crippen molar-refractivity contribution in [2.24, 2.45) is 0 Å². The molecule has 0 N–H and O–H groups in total. The second-order valence-corrected chi connectivity index (χ2v) is 6.97. The van der Waals surface area contributed by atoms with Gasteiger partial charge in [0.05, 0.1) is 0 Å². The third-order valence-electron chi connectivity index (χ3n) is 3.97. The third kappa shape index (κ3) is 5.52. The average molecular weight is 393 g/mol. The summed E-state index contributed by atoms with van der Waals surface area (Å²) < 4.78 is 42.7. The van der Waals surface area contributed by atoms with E-state index < -0.39 is 24.1 Å². The standard InChI is InChI=1S/C17H20ClF3N2O3/c1-16(2,26-13-5-3-12(18)4-6-13)15(25)23-9-7-22(8-10-23)14(24)11-17(19,20)21/h3-6H,7-11H2,1-2H3. The van der Waals surface area contributed by atoms with Crippen molar-refractivity contribution in [1.82, 2.24) is 9.80 Å². The Balaban J connectivity index is 1.92. The Bertz CT molecular complexity index is 654.